The van der Waals surface area contributed by atoms with Crippen molar-refractivity contribution >= 4 is 29.4 Å². The van der Waals surface area contributed by atoms with Gasteiger partial charge in [-0.25, -0.2) is 14.6 Å². The minimum absolute atomic E-state index is 0.191. The molecule has 0 unspecified atom stereocenters. The van der Waals surface area contributed by atoms with Gasteiger partial charge in [-0.2, -0.15) is 0 Å². The summed E-state index contributed by atoms with van der Waals surface area (Å²) in [5.74, 6) is 0.693. The van der Waals surface area contributed by atoms with Gasteiger partial charge in [-0.15, -0.1) is 0 Å². The molecular weight excluding hydrogens is 568 g/mol. The number of rotatable bonds is 9. The van der Waals surface area contributed by atoms with E-state index in [9.17, 15) is 14.4 Å². The molecule has 2 aromatic heterocycles. The molecule has 2 aromatic carbocycles. The second kappa shape index (κ2) is 12.7. The summed E-state index contributed by atoms with van der Waals surface area (Å²) in [6.45, 7) is 5.83. The molecule has 0 amide bonds. The van der Waals surface area contributed by atoms with E-state index in [4.69, 9.17) is 23.6 Å². The number of hydrogen-bond acceptors (Lipinski definition) is 9. The summed E-state index contributed by atoms with van der Waals surface area (Å²) < 4.78 is 24.0. The third-order valence-corrected chi connectivity index (χ3v) is 8.12. The molecule has 43 heavy (non-hydrogen) atoms. The van der Waals surface area contributed by atoms with Crippen LogP contribution in [-0.4, -0.2) is 37.3 Å². The predicted molar refractivity (Wildman–Crippen MR) is 163 cm³/mol. The molecule has 5 rings (SSSR count). The topological polar surface area (TPSA) is 109 Å². The molecule has 0 bridgehead atoms. The van der Waals surface area contributed by atoms with Crippen molar-refractivity contribution in [1.82, 2.24) is 4.57 Å². The summed E-state index contributed by atoms with van der Waals surface area (Å²) in [5, 5.41) is 0. The van der Waals surface area contributed by atoms with Crippen LogP contribution in [0.15, 0.2) is 80.1 Å². The van der Waals surface area contributed by atoms with Crippen LogP contribution in [0.25, 0.3) is 17.4 Å². The molecule has 3 heterocycles. The number of esters is 2. The predicted octanol–water partition coefficient (Wildman–Crippen LogP) is 4.94. The van der Waals surface area contributed by atoms with Crippen LogP contribution in [0.1, 0.15) is 60.0 Å². The molecule has 0 saturated carbocycles. The van der Waals surface area contributed by atoms with E-state index in [1.54, 1.807) is 55.0 Å². The van der Waals surface area contributed by atoms with Crippen molar-refractivity contribution in [2.45, 2.75) is 39.7 Å². The van der Waals surface area contributed by atoms with E-state index in [2.05, 4.69) is 0 Å². The molecule has 0 aliphatic carbocycles. The number of benzene rings is 2. The fraction of sp³-hybridized carbons (Fsp3) is 0.273. The SMILES string of the molecule is CCCC1=C(C(=O)OCC)[C@@H](c2ccccc2OC)n2c(s/c(=C/c3ccc(-c4ccc(C(=O)OC)cc4C)o3)c2=O)=N1. The quantitative estimate of drug-likeness (QED) is 0.250. The zero-order valence-electron chi connectivity index (χ0n) is 24.6. The van der Waals surface area contributed by atoms with E-state index >= 15 is 0 Å². The molecule has 222 valence electrons. The molecule has 0 N–H and O–H groups in total. The molecule has 0 spiro atoms. The maximum absolute atomic E-state index is 14.0. The van der Waals surface area contributed by atoms with Gasteiger partial charge in [0.05, 0.1) is 42.2 Å². The van der Waals surface area contributed by atoms with E-state index in [0.29, 0.717) is 55.4 Å². The minimum atomic E-state index is -0.779. The van der Waals surface area contributed by atoms with Gasteiger partial charge in [0.15, 0.2) is 4.80 Å². The first kappa shape index (κ1) is 29.8. The van der Waals surface area contributed by atoms with E-state index in [-0.39, 0.29) is 12.2 Å². The largest absolute Gasteiger partial charge is 0.496 e. The van der Waals surface area contributed by atoms with E-state index < -0.39 is 18.0 Å². The number of para-hydroxylation sites is 1. The van der Waals surface area contributed by atoms with Crippen molar-refractivity contribution in [2.75, 3.05) is 20.8 Å². The molecule has 0 fully saturated rings. The lowest BCUT2D eigenvalue weighted by atomic mass is 9.93. The smallest absolute Gasteiger partial charge is 0.338 e. The van der Waals surface area contributed by atoms with Crippen molar-refractivity contribution < 1.29 is 28.2 Å². The Morgan fingerprint density at radius 3 is 2.56 bits per heavy atom. The van der Waals surface area contributed by atoms with Gasteiger partial charge in [0, 0.05) is 17.2 Å². The Morgan fingerprint density at radius 2 is 1.86 bits per heavy atom. The zero-order valence-corrected chi connectivity index (χ0v) is 25.4. The van der Waals surface area contributed by atoms with Crippen molar-refractivity contribution in [3.63, 3.8) is 0 Å². The third-order valence-electron chi connectivity index (χ3n) is 7.14. The van der Waals surface area contributed by atoms with E-state index in [1.807, 2.05) is 38.1 Å². The van der Waals surface area contributed by atoms with Gasteiger partial charge < -0.3 is 18.6 Å². The van der Waals surface area contributed by atoms with Gasteiger partial charge in [0.2, 0.25) is 0 Å². The van der Waals surface area contributed by atoms with Gasteiger partial charge in [-0.05, 0) is 56.2 Å². The van der Waals surface area contributed by atoms with E-state index in [1.165, 1.54) is 18.4 Å². The number of ether oxygens (including phenoxy) is 3. The Morgan fingerprint density at radius 1 is 1.07 bits per heavy atom. The van der Waals surface area contributed by atoms with Gasteiger partial charge in [-0.1, -0.05) is 48.9 Å². The highest BCUT2D eigenvalue weighted by molar-refractivity contribution is 7.07. The van der Waals surface area contributed by atoms with Crippen molar-refractivity contribution in [3.05, 3.63) is 108 Å². The van der Waals surface area contributed by atoms with E-state index in [0.717, 1.165) is 17.5 Å². The lowest BCUT2D eigenvalue weighted by molar-refractivity contribution is -0.139. The fourth-order valence-corrected chi connectivity index (χ4v) is 6.20. The third kappa shape index (κ3) is 5.70. The molecule has 1 aliphatic heterocycles. The number of nitrogens with zero attached hydrogens (tertiary/aromatic N) is 2. The lowest BCUT2D eigenvalue weighted by Gasteiger charge is -2.26. The highest BCUT2D eigenvalue weighted by atomic mass is 32.1. The molecule has 10 heteroatoms. The number of allylic oxidation sites excluding steroid dienone is 1. The first-order chi connectivity index (χ1) is 20.8. The number of aromatic nitrogens is 1. The molecular formula is C33H32N2O7S. The Kier molecular flexibility index (Phi) is 8.77. The molecule has 1 atom stereocenters. The normalized spacial score (nSPS) is 14.7. The monoisotopic (exact) mass is 600 g/mol. The number of fused-ring (bicyclic) bond motifs is 1. The zero-order chi connectivity index (χ0) is 30.7. The Labute approximate surface area is 252 Å². The van der Waals surface area contributed by atoms with Crippen molar-refractivity contribution in [3.8, 4) is 17.1 Å². The van der Waals surface area contributed by atoms with Crippen LogP contribution in [0.3, 0.4) is 0 Å². The first-order valence-corrected chi connectivity index (χ1v) is 14.8. The number of carbonyl (C=O) groups is 2. The second-order valence-electron chi connectivity index (χ2n) is 9.88. The van der Waals surface area contributed by atoms with Gasteiger partial charge >= 0.3 is 11.9 Å². The highest BCUT2D eigenvalue weighted by Crippen LogP contribution is 2.37. The summed E-state index contributed by atoms with van der Waals surface area (Å²) in [6.07, 6.45) is 2.98. The number of furan rings is 1. The minimum Gasteiger partial charge on any atom is -0.496 e. The average molecular weight is 601 g/mol. The van der Waals surface area contributed by atoms with Crippen LogP contribution in [0.4, 0.5) is 0 Å². The summed E-state index contributed by atoms with van der Waals surface area (Å²) in [6, 6.07) is 15.4. The second-order valence-corrected chi connectivity index (χ2v) is 10.9. The van der Waals surface area contributed by atoms with Crippen LogP contribution in [0.2, 0.25) is 0 Å². The Balaban J connectivity index is 1.64. The number of methoxy groups -OCH3 is 2. The van der Waals surface area contributed by atoms with Crippen molar-refractivity contribution in [1.29, 1.82) is 0 Å². The van der Waals surface area contributed by atoms with Gasteiger partial charge in [-0.3, -0.25) is 9.36 Å². The maximum Gasteiger partial charge on any atom is 0.338 e. The Hall–Kier alpha value is -4.70. The number of carbonyl (C=O) groups excluding carboxylic acids is 2. The van der Waals surface area contributed by atoms with Gasteiger partial charge in [0.25, 0.3) is 5.56 Å². The lowest BCUT2D eigenvalue weighted by Crippen LogP contribution is -2.40. The number of aryl methyl sites for hydroxylation is 1. The summed E-state index contributed by atoms with van der Waals surface area (Å²) in [4.78, 5) is 44.6. The standard InChI is InChI=1S/C33H32N2O7S/c1-6-10-24-28(32(38)41-7-2)29(23-11-8-9-12-25(23)39-4)35-30(36)27(43-33(35)34-24)18-21-14-16-26(42-21)22-15-13-20(17-19(22)3)31(37)40-5/h8-9,11-18,29H,6-7,10H2,1-5H3/b27-18+/t29-/m1/s1. The van der Waals surface area contributed by atoms with Gasteiger partial charge in [0.1, 0.15) is 23.3 Å². The summed E-state index contributed by atoms with van der Waals surface area (Å²) in [5.41, 5.74) is 3.38. The van der Waals surface area contributed by atoms with Crippen molar-refractivity contribution in [2.24, 2.45) is 4.99 Å². The molecule has 1 aliphatic rings. The molecule has 0 saturated heterocycles. The van der Waals surface area contributed by atoms with Crippen LogP contribution >= 0.6 is 11.3 Å². The number of thiazole rings is 1. The van der Waals surface area contributed by atoms with Crippen LogP contribution < -0.4 is 19.6 Å². The molecule has 9 nitrogen and oxygen atoms in total. The number of hydrogen-bond donors (Lipinski definition) is 0. The summed E-state index contributed by atoms with van der Waals surface area (Å²) >= 11 is 1.23. The van der Waals surface area contributed by atoms with Crippen LogP contribution in [-0.2, 0) is 14.3 Å². The Bertz CT molecular complexity index is 1910. The summed E-state index contributed by atoms with van der Waals surface area (Å²) in [7, 11) is 2.90. The molecule has 4 aromatic rings. The van der Waals surface area contributed by atoms with Crippen LogP contribution in [0.5, 0.6) is 5.75 Å². The highest BCUT2D eigenvalue weighted by Gasteiger charge is 2.35. The van der Waals surface area contributed by atoms with Crippen LogP contribution in [0, 0.1) is 6.92 Å². The fourth-order valence-electron chi connectivity index (χ4n) is 5.20. The average Bonchev–Trinajstić information content (AvgIpc) is 3.60. The first-order valence-electron chi connectivity index (χ1n) is 13.9. The maximum atomic E-state index is 14.0. The molecule has 0 radical (unpaired) electrons.